The molecule has 3 nitrogen and oxygen atoms in total. The standard InChI is InChI=1S/C11H11FN2O/c12-10-4-2-1-3-9(10)11-13-7-8(14-11)5-6-15/h1-4,7,15H,5-6H2,(H,13,14). The molecule has 0 aliphatic heterocycles. The molecule has 2 N–H and O–H groups in total. The summed E-state index contributed by atoms with van der Waals surface area (Å²) in [7, 11) is 0. The molecule has 4 heteroatoms. The Morgan fingerprint density at radius 3 is 2.87 bits per heavy atom. The van der Waals surface area contributed by atoms with Crippen LogP contribution in [-0.4, -0.2) is 21.7 Å². The molecule has 0 aliphatic rings. The van der Waals surface area contributed by atoms with Crippen molar-refractivity contribution in [2.75, 3.05) is 6.61 Å². The number of aliphatic hydroxyl groups excluding tert-OH is 1. The molecule has 78 valence electrons. The molecule has 0 saturated carbocycles. The number of hydrogen-bond donors (Lipinski definition) is 2. The first-order chi connectivity index (χ1) is 7.31. The maximum absolute atomic E-state index is 13.4. The smallest absolute Gasteiger partial charge is 0.140 e. The van der Waals surface area contributed by atoms with Crippen LogP contribution in [0.4, 0.5) is 4.39 Å². The van der Waals surface area contributed by atoms with E-state index in [2.05, 4.69) is 9.97 Å². The van der Waals surface area contributed by atoms with E-state index in [9.17, 15) is 4.39 Å². The van der Waals surface area contributed by atoms with E-state index in [0.29, 0.717) is 17.8 Å². The summed E-state index contributed by atoms with van der Waals surface area (Å²) in [6.45, 7) is 0.0545. The molecular formula is C11H11FN2O. The van der Waals surface area contributed by atoms with Gasteiger partial charge in [-0.15, -0.1) is 0 Å². The summed E-state index contributed by atoms with van der Waals surface area (Å²) >= 11 is 0. The van der Waals surface area contributed by atoms with E-state index < -0.39 is 0 Å². The molecule has 1 heterocycles. The van der Waals surface area contributed by atoms with Crippen molar-refractivity contribution in [1.29, 1.82) is 0 Å². The minimum atomic E-state index is -0.303. The molecule has 0 fully saturated rings. The number of rotatable bonds is 3. The summed E-state index contributed by atoms with van der Waals surface area (Å²) in [5.41, 5.74) is 1.25. The molecule has 1 aromatic heterocycles. The van der Waals surface area contributed by atoms with E-state index in [1.54, 1.807) is 24.4 Å². The monoisotopic (exact) mass is 206 g/mol. The Kier molecular flexibility index (Phi) is 2.78. The van der Waals surface area contributed by atoms with Gasteiger partial charge in [0.05, 0.1) is 5.56 Å². The average Bonchev–Trinajstić information content (AvgIpc) is 2.68. The van der Waals surface area contributed by atoms with Crippen molar-refractivity contribution in [2.24, 2.45) is 0 Å². The molecule has 0 amide bonds. The Morgan fingerprint density at radius 2 is 2.13 bits per heavy atom. The maximum Gasteiger partial charge on any atom is 0.140 e. The number of benzene rings is 1. The normalized spacial score (nSPS) is 10.5. The fourth-order valence-electron chi connectivity index (χ4n) is 1.40. The number of nitrogens with one attached hydrogen (secondary N) is 1. The Morgan fingerprint density at radius 1 is 1.33 bits per heavy atom. The largest absolute Gasteiger partial charge is 0.396 e. The number of nitrogens with zero attached hydrogens (tertiary/aromatic N) is 1. The number of aliphatic hydroxyl groups is 1. The minimum Gasteiger partial charge on any atom is -0.396 e. The highest BCUT2D eigenvalue weighted by Gasteiger charge is 2.07. The number of aromatic nitrogens is 2. The van der Waals surface area contributed by atoms with Crippen molar-refractivity contribution < 1.29 is 9.50 Å². The molecular weight excluding hydrogens is 195 g/mol. The Balaban J connectivity index is 2.33. The second-order valence-corrected chi connectivity index (χ2v) is 3.21. The van der Waals surface area contributed by atoms with Gasteiger partial charge in [0.1, 0.15) is 11.6 Å². The zero-order chi connectivity index (χ0) is 10.7. The molecule has 0 spiro atoms. The third-order valence-electron chi connectivity index (χ3n) is 2.14. The molecule has 0 unspecified atom stereocenters. The van der Waals surface area contributed by atoms with Crippen molar-refractivity contribution in [3.8, 4) is 11.4 Å². The first kappa shape index (κ1) is 9.86. The van der Waals surface area contributed by atoms with Gasteiger partial charge >= 0.3 is 0 Å². The number of halogens is 1. The summed E-state index contributed by atoms with van der Waals surface area (Å²) in [5.74, 6) is 0.193. The van der Waals surface area contributed by atoms with Gasteiger partial charge in [0, 0.05) is 24.9 Å². The predicted molar refractivity (Wildman–Crippen MR) is 54.8 cm³/mol. The highest BCUT2D eigenvalue weighted by molar-refractivity contribution is 5.55. The van der Waals surface area contributed by atoms with Crippen molar-refractivity contribution in [1.82, 2.24) is 9.97 Å². The highest BCUT2D eigenvalue weighted by Crippen LogP contribution is 2.18. The average molecular weight is 206 g/mol. The molecule has 0 saturated heterocycles. The number of imidazole rings is 1. The van der Waals surface area contributed by atoms with E-state index in [1.165, 1.54) is 6.07 Å². The van der Waals surface area contributed by atoms with Gasteiger partial charge < -0.3 is 10.1 Å². The van der Waals surface area contributed by atoms with Gasteiger partial charge in [-0.05, 0) is 12.1 Å². The minimum absolute atomic E-state index is 0.0545. The fourth-order valence-corrected chi connectivity index (χ4v) is 1.40. The van der Waals surface area contributed by atoms with Gasteiger partial charge in [0.15, 0.2) is 0 Å². The fraction of sp³-hybridized carbons (Fsp3) is 0.182. The van der Waals surface area contributed by atoms with Crippen LogP contribution in [0.5, 0.6) is 0 Å². The zero-order valence-electron chi connectivity index (χ0n) is 8.07. The van der Waals surface area contributed by atoms with Crippen molar-refractivity contribution in [3.05, 3.63) is 42.0 Å². The van der Waals surface area contributed by atoms with Crippen LogP contribution in [0.15, 0.2) is 30.5 Å². The van der Waals surface area contributed by atoms with Crippen LogP contribution in [0.25, 0.3) is 11.4 Å². The summed E-state index contributed by atoms with van der Waals surface area (Å²) < 4.78 is 13.4. The van der Waals surface area contributed by atoms with Crippen LogP contribution in [-0.2, 0) is 6.42 Å². The van der Waals surface area contributed by atoms with E-state index in [4.69, 9.17) is 5.11 Å². The number of hydrogen-bond acceptors (Lipinski definition) is 2. The second kappa shape index (κ2) is 4.23. The summed E-state index contributed by atoms with van der Waals surface area (Å²) in [6, 6.07) is 6.45. The Labute approximate surface area is 86.6 Å². The number of aromatic amines is 1. The maximum atomic E-state index is 13.4. The topological polar surface area (TPSA) is 48.9 Å². The van der Waals surface area contributed by atoms with E-state index >= 15 is 0 Å². The summed E-state index contributed by atoms with van der Waals surface area (Å²) in [6.07, 6.45) is 2.11. The third-order valence-corrected chi connectivity index (χ3v) is 2.14. The van der Waals surface area contributed by atoms with Gasteiger partial charge in [-0.3, -0.25) is 0 Å². The zero-order valence-corrected chi connectivity index (χ0v) is 8.07. The van der Waals surface area contributed by atoms with Crippen LogP contribution in [0, 0.1) is 5.82 Å². The van der Waals surface area contributed by atoms with E-state index in [1.807, 2.05) is 0 Å². The van der Waals surface area contributed by atoms with Gasteiger partial charge in [-0.1, -0.05) is 12.1 Å². The first-order valence-electron chi connectivity index (χ1n) is 4.71. The van der Waals surface area contributed by atoms with Crippen LogP contribution in [0.2, 0.25) is 0 Å². The Bertz CT molecular complexity index is 453. The summed E-state index contributed by atoms with van der Waals surface area (Å²) in [4.78, 5) is 7.02. The first-order valence-corrected chi connectivity index (χ1v) is 4.71. The highest BCUT2D eigenvalue weighted by atomic mass is 19.1. The van der Waals surface area contributed by atoms with Crippen molar-refractivity contribution in [3.63, 3.8) is 0 Å². The van der Waals surface area contributed by atoms with Gasteiger partial charge in [0.2, 0.25) is 0 Å². The van der Waals surface area contributed by atoms with E-state index in [-0.39, 0.29) is 12.4 Å². The molecule has 2 rings (SSSR count). The van der Waals surface area contributed by atoms with E-state index in [0.717, 1.165) is 5.69 Å². The molecule has 1 aromatic carbocycles. The quantitative estimate of drug-likeness (QED) is 0.803. The van der Waals surface area contributed by atoms with Gasteiger partial charge in [-0.2, -0.15) is 0 Å². The lowest BCUT2D eigenvalue weighted by molar-refractivity contribution is 0.298. The van der Waals surface area contributed by atoms with Crippen LogP contribution < -0.4 is 0 Å². The SMILES string of the molecule is OCCc1cnc(-c2ccccc2F)[nH]1. The number of H-pyrrole nitrogens is 1. The van der Waals surface area contributed by atoms with Gasteiger partial charge in [0.25, 0.3) is 0 Å². The van der Waals surface area contributed by atoms with Crippen molar-refractivity contribution in [2.45, 2.75) is 6.42 Å². The van der Waals surface area contributed by atoms with Gasteiger partial charge in [-0.25, -0.2) is 9.37 Å². The molecule has 2 aromatic rings. The van der Waals surface area contributed by atoms with Crippen LogP contribution in [0.3, 0.4) is 0 Å². The molecule has 0 aliphatic carbocycles. The van der Waals surface area contributed by atoms with Crippen molar-refractivity contribution >= 4 is 0 Å². The predicted octanol–water partition coefficient (Wildman–Crippen LogP) is 1.75. The molecule has 0 radical (unpaired) electrons. The summed E-state index contributed by atoms with van der Waals surface area (Å²) in [5, 5.41) is 8.73. The lowest BCUT2D eigenvalue weighted by Gasteiger charge is -1.97. The van der Waals surface area contributed by atoms with Crippen LogP contribution >= 0.6 is 0 Å². The molecule has 15 heavy (non-hydrogen) atoms. The lowest BCUT2D eigenvalue weighted by Crippen LogP contribution is -1.90. The van der Waals surface area contributed by atoms with Crippen LogP contribution in [0.1, 0.15) is 5.69 Å². The lowest BCUT2D eigenvalue weighted by atomic mass is 10.2. The second-order valence-electron chi connectivity index (χ2n) is 3.21. The molecule has 0 bridgehead atoms. The molecule has 0 atom stereocenters. The third kappa shape index (κ3) is 2.05. The Hall–Kier alpha value is -1.68.